The number of carbonyl (C=O) groups excluding carboxylic acids is 1. The van der Waals surface area contributed by atoms with Gasteiger partial charge in [0.1, 0.15) is 0 Å². The van der Waals surface area contributed by atoms with Gasteiger partial charge in [0.05, 0.1) is 7.11 Å². The van der Waals surface area contributed by atoms with Gasteiger partial charge >= 0.3 is 0 Å². The Morgan fingerprint density at radius 2 is 2.10 bits per heavy atom. The van der Waals surface area contributed by atoms with Crippen LogP contribution >= 0.6 is 0 Å². The zero-order valence-corrected chi connectivity index (χ0v) is 13.1. The number of methoxy groups -OCH3 is 1. The second-order valence-corrected chi connectivity index (χ2v) is 4.76. The van der Waals surface area contributed by atoms with Crippen LogP contribution in [0.1, 0.15) is 38.7 Å². The molecule has 0 unspecified atom stereocenters. The van der Waals surface area contributed by atoms with Crippen molar-refractivity contribution in [1.29, 1.82) is 0 Å². The summed E-state index contributed by atoms with van der Waals surface area (Å²) < 4.78 is 10.8. The van der Waals surface area contributed by atoms with Gasteiger partial charge in [-0.2, -0.15) is 0 Å². The van der Waals surface area contributed by atoms with Crippen LogP contribution in [0, 0.1) is 0 Å². The van der Waals surface area contributed by atoms with Crippen molar-refractivity contribution in [3.8, 4) is 11.5 Å². The van der Waals surface area contributed by atoms with E-state index in [0.29, 0.717) is 18.0 Å². The third-order valence-corrected chi connectivity index (χ3v) is 3.01. The molecule has 0 fully saturated rings. The Balaban J connectivity index is 2.49. The van der Waals surface area contributed by atoms with Gasteiger partial charge in [-0.05, 0) is 31.0 Å². The van der Waals surface area contributed by atoms with Gasteiger partial charge in [0.15, 0.2) is 18.1 Å². The summed E-state index contributed by atoms with van der Waals surface area (Å²) in [4.78, 5) is 11.7. The second kappa shape index (κ2) is 9.86. The lowest BCUT2D eigenvalue weighted by Crippen LogP contribution is -2.29. The molecule has 0 aliphatic rings. The van der Waals surface area contributed by atoms with Gasteiger partial charge in [0.2, 0.25) is 0 Å². The number of allylic oxidation sites excluding steroid dienone is 1. The Labute approximate surface area is 127 Å². The van der Waals surface area contributed by atoms with Gasteiger partial charge in [-0.1, -0.05) is 38.0 Å². The first-order valence-electron chi connectivity index (χ1n) is 7.41. The van der Waals surface area contributed by atoms with E-state index in [1.165, 1.54) is 0 Å². The maximum absolute atomic E-state index is 11.7. The molecule has 116 valence electrons. The zero-order valence-electron chi connectivity index (χ0n) is 13.1. The maximum atomic E-state index is 11.7. The number of unbranched alkanes of at least 4 members (excludes halogenated alkanes) is 2. The summed E-state index contributed by atoms with van der Waals surface area (Å²) in [5.41, 5.74) is 1.03. The minimum absolute atomic E-state index is 0.00541. The van der Waals surface area contributed by atoms with Crippen molar-refractivity contribution in [3.63, 3.8) is 0 Å². The van der Waals surface area contributed by atoms with E-state index < -0.39 is 0 Å². The Hall–Kier alpha value is -1.97. The monoisotopic (exact) mass is 291 g/mol. The fourth-order valence-corrected chi connectivity index (χ4v) is 1.90. The lowest BCUT2D eigenvalue weighted by molar-refractivity contribution is -0.123. The first-order chi connectivity index (χ1) is 10.2. The Kier molecular flexibility index (Phi) is 8.02. The fourth-order valence-electron chi connectivity index (χ4n) is 1.90. The molecule has 4 heteroatoms. The van der Waals surface area contributed by atoms with Crippen LogP contribution in [-0.2, 0) is 4.79 Å². The Morgan fingerprint density at radius 1 is 1.29 bits per heavy atom. The molecule has 1 N–H and O–H groups in total. The molecule has 21 heavy (non-hydrogen) atoms. The van der Waals surface area contributed by atoms with E-state index in [4.69, 9.17) is 9.47 Å². The standard InChI is InChI=1S/C17H25NO3/c1-4-6-7-11-18-17(19)13-21-15-10-9-14(8-5-2)12-16(15)20-3/h5,8-10,12H,4,6-7,11,13H2,1-3H3,(H,18,19). The Morgan fingerprint density at radius 3 is 2.76 bits per heavy atom. The second-order valence-electron chi connectivity index (χ2n) is 4.76. The molecular formula is C17H25NO3. The van der Waals surface area contributed by atoms with Crippen LogP contribution in [0.25, 0.3) is 6.08 Å². The van der Waals surface area contributed by atoms with Gasteiger partial charge in [0.25, 0.3) is 5.91 Å². The van der Waals surface area contributed by atoms with Crippen LogP contribution in [0.15, 0.2) is 24.3 Å². The first kappa shape index (κ1) is 17.1. The number of hydrogen-bond donors (Lipinski definition) is 1. The molecule has 0 radical (unpaired) electrons. The number of carbonyl (C=O) groups is 1. The van der Waals surface area contributed by atoms with E-state index in [0.717, 1.165) is 24.8 Å². The molecule has 1 aromatic carbocycles. The number of ether oxygens (including phenoxy) is 2. The molecule has 0 aliphatic carbocycles. The van der Waals surface area contributed by atoms with Crippen molar-refractivity contribution < 1.29 is 14.3 Å². The minimum Gasteiger partial charge on any atom is -0.493 e. The average Bonchev–Trinajstić information content (AvgIpc) is 2.50. The predicted molar refractivity (Wildman–Crippen MR) is 85.7 cm³/mol. The van der Waals surface area contributed by atoms with Crippen molar-refractivity contribution in [2.75, 3.05) is 20.3 Å². The van der Waals surface area contributed by atoms with E-state index in [9.17, 15) is 4.79 Å². The molecule has 0 saturated carbocycles. The van der Waals surface area contributed by atoms with E-state index in [-0.39, 0.29) is 12.5 Å². The maximum Gasteiger partial charge on any atom is 0.257 e. The molecule has 1 amide bonds. The number of amides is 1. The Bertz CT molecular complexity index is 469. The number of nitrogens with one attached hydrogen (secondary N) is 1. The van der Waals surface area contributed by atoms with Crippen molar-refractivity contribution in [2.45, 2.75) is 33.1 Å². The topological polar surface area (TPSA) is 47.6 Å². The van der Waals surface area contributed by atoms with Crippen LogP contribution in [0.3, 0.4) is 0 Å². The quantitative estimate of drug-likeness (QED) is 0.709. The predicted octanol–water partition coefficient (Wildman–Crippen LogP) is 3.41. The highest BCUT2D eigenvalue weighted by atomic mass is 16.5. The number of rotatable bonds is 9. The number of benzene rings is 1. The first-order valence-corrected chi connectivity index (χ1v) is 7.41. The third kappa shape index (κ3) is 6.34. The molecule has 0 atom stereocenters. The average molecular weight is 291 g/mol. The summed E-state index contributed by atoms with van der Waals surface area (Å²) in [7, 11) is 1.59. The third-order valence-electron chi connectivity index (χ3n) is 3.01. The molecule has 0 bridgehead atoms. The van der Waals surface area contributed by atoms with Crippen molar-refractivity contribution in [2.24, 2.45) is 0 Å². The molecule has 1 aromatic rings. The molecule has 1 rings (SSSR count). The largest absolute Gasteiger partial charge is 0.493 e. The smallest absolute Gasteiger partial charge is 0.257 e. The van der Waals surface area contributed by atoms with Gasteiger partial charge < -0.3 is 14.8 Å². The van der Waals surface area contributed by atoms with E-state index >= 15 is 0 Å². The van der Waals surface area contributed by atoms with Gasteiger partial charge in [-0.25, -0.2) is 0 Å². The van der Waals surface area contributed by atoms with Crippen molar-refractivity contribution in [1.82, 2.24) is 5.32 Å². The van der Waals surface area contributed by atoms with Crippen molar-refractivity contribution >= 4 is 12.0 Å². The minimum atomic E-state index is -0.106. The molecular weight excluding hydrogens is 266 g/mol. The van der Waals surface area contributed by atoms with Crippen LogP contribution in [0.2, 0.25) is 0 Å². The van der Waals surface area contributed by atoms with Crippen LogP contribution in [0.5, 0.6) is 11.5 Å². The fraction of sp³-hybridized carbons (Fsp3) is 0.471. The summed E-state index contributed by atoms with van der Waals surface area (Å²) in [6.45, 7) is 4.80. The summed E-state index contributed by atoms with van der Waals surface area (Å²) >= 11 is 0. The van der Waals surface area contributed by atoms with Crippen LogP contribution < -0.4 is 14.8 Å². The molecule has 0 heterocycles. The summed E-state index contributed by atoms with van der Waals surface area (Å²) in [6.07, 6.45) is 7.21. The summed E-state index contributed by atoms with van der Waals surface area (Å²) in [5, 5.41) is 2.84. The molecule has 0 aromatic heterocycles. The lowest BCUT2D eigenvalue weighted by Gasteiger charge is -2.11. The molecule has 0 saturated heterocycles. The van der Waals surface area contributed by atoms with Gasteiger partial charge in [-0.3, -0.25) is 4.79 Å². The van der Waals surface area contributed by atoms with Crippen LogP contribution in [0.4, 0.5) is 0 Å². The summed E-state index contributed by atoms with van der Waals surface area (Å²) in [5.74, 6) is 1.10. The van der Waals surface area contributed by atoms with Crippen LogP contribution in [-0.4, -0.2) is 26.2 Å². The highest BCUT2D eigenvalue weighted by Crippen LogP contribution is 2.28. The highest BCUT2D eigenvalue weighted by Gasteiger charge is 2.07. The normalized spacial score (nSPS) is 10.6. The highest BCUT2D eigenvalue weighted by molar-refractivity contribution is 5.77. The summed E-state index contributed by atoms with van der Waals surface area (Å²) in [6, 6.07) is 5.63. The van der Waals surface area contributed by atoms with Gasteiger partial charge in [-0.15, -0.1) is 0 Å². The molecule has 4 nitrogen and oxygen atoms in total. The molecule has 0 aliphatic heterocycles. The van der Waals surface area contributed by atoms with Gasteiger partial charge in [0, 0.05) is 6.54 Å². The van der Waals surface area contributed by atoms with Crippen molar-refractivity contribution in [3.05, 3.63) is 29.8 Å². The zero-order chi connectivity index (χ0) is 15.5. The van der Waals surface area contributed by atoms with E-state index in [1.54, 1.807) is 7.11 Å². The molecule has 0 spiro atoms. The lowest BCUT2D eigenvalue weighted by atomic mass is 10.2. The number of hydrogen-bond acceptors (Lipinski definition) is 3. The van der Waals surface area contributed by atoms with E-state index in [2.05, 4.69) is 12.2 Å². The van der Waals surface area contributed by atoms with E-state index in [1.807, 2.05) is 37.3 Å². The SMILES string of the molecule is CC=Cc1ccc(OCC(=O)NCCCCC)c(OC)c1.